The van der Waals surface area contributed by atoms with Crippen molar-refractivity contribution in [3.05, 3.63) is 29.8 Å². The molecule has 110 valence electrons. The molecule has 1 heterocycles. The fourth-order valence-electron chi connectivity index (χ4n) is 2.22. The van der Waals surface area contributed by atoms with Crippen LogP contribution >= 0.6 is 11.6 Å². The molecule has 5 nitrogen and oxygen atoms in total. The lowest BCUT2D eigenvalue weighted by Crippen LogP contribution is -2.41. The smallest absolute Gasteiger partial charge is 0.224 e. The molecule has 0 radical (unpaired) electrons. The van der Waals surface area contributed by atoms with E-state index in [2.05, 4.69) is 5.32 Å². The second-order valence-corrected chi connectivity index (χ2v) is 7.47. The number of para-hydroxylation sites is 1. The number of sulfone groups is 1. The Hall–Kier alpha value is -1.27. The third-order valence-electron chi connectivity index (χ3n) is 3.17. The molecule has 2 rings (SSSR count). The summed E-state index contributed by atoms with van der Waals surface area (Å²) in [6, 6.07) is 6.67. The summed E-state index contributed by atoms with van der Waals surface area (Å²) < 4.78 is 28.0. The van der Waals surface area contributed by atoms with Crippen LogP contribution < -0.4 is 10.1 Å². The van der Waals surface area contributed by atoms with Gasteiger partial charge in [0.15, 0.2) is 9.84 Å². The zero-order chi connectivity index (χ0) is 14.8. The van der Waals surface area contributed by atoms with E-state index >= 15 is 0 Å². The summed E-state index contributed by atoms with van der Waals surface area (Å²) in [4.78, 5) is 12.0. The minimum atomic E-state index is -3.15. The summed E-state index contributed by atoms with van der Waals surface area (Å²) in [6.45, 7) is 0. The number of ether oxygens (including phenoxy) is 1. The largest absolute Gasteiger partial charge is 0.496 e. The molecule has 0 bridgehead atoms. The van der Waals surface area contributed by atoms with Crippen molar-refractivity contribution in [2.75, 3.05) is 18.6 Å². The van der Waals surface area contributed by atoms with Crippen LogP contribution in [0.2, 0.25) is 0 Å². The number of halogens is 1. The number of carbonyl (C=O) groups is 1. The van der Waals surface area contributed by atoms with E-state index in [0.717, 1.165) is 5.56 Å². The van der Waals surface area contributed by atoms with Gasteiger partial charge in [0.1, 0.15) is 5.75 Å². The highest BCUT2D eigenvalue weighted by molar-refractivity contribution is 7.91. The van der Waals surface area contributed by atoms with Gasteiger partial charge in [0, 0.05) is 5.56 Å². The molecule has 0 saturated carbocycles. The average Bonchev–Trinajstić information content (AvgIpc) is 2.62. The Labute approximate surface area is 123 Å². The number of alkyl halides is 1. The molecule has 2 atom stereocenters. The van der Waals surface area contributed by atoms with Gasteiger partial charge in [-0.1, -0.05) is 18.2 Å². The summed E-state index contributed by atoms with van der Waals surface area (Å²) in [5, 5.41) is 2.11. The third-order valence-corrected chi connectivity index (χ3v) is 5.55. The first-order valence-corrected chi connectivity index (χ1v) is 8.43. The van der Waals surface area contributed by atoms with Gasteiger partial charge in [0.05, 0.1) is 36.5 Å². The summed E-state index contributed by atoms with van der Waals surface area (Å²) in [5.41, 5.74) is 0.750. The van der Waals surface area contributed by atoms with Gasteiger partial charge in [-0.05, 0) is 6.07 Å². The van der Waals surface area contributed by atoms with Crippen LogP contribution in [0, 0.1) is 0 Å². The Morgan fingerprint density at radius 1 is 1.40 bits per heavy atom. The summed E-state index contributed by atoms with van der Waals surface area (Å²) in [5.74, 6) is 0.179. The molecule has 1 fully saturated rings. The summed E-state index contributed by atoms with van der Waals surface area (Å²) >= 11 is 5.95. The lowest BCUT2D eigenvalue weighted by Gasteiger charge is -2.15. The second kappa shape index (κ2) is 6.01. The summed E-state index contributed by atoms with van der Waals surface area (Å²) in [6.07, 6.45) is 0.129. The molecule has 1 amide bonds. The Morgan fingerprint density at radius 3 is 2.70 bits per heavy atom. The van der Waals surface area contributed by atoms with Gasteiger partial charge in [-0.15, -0.1) is 11.6 Å². The van der Waals surface area contributed by atoms with Crippen LogP contribution in [0.4, 0.5) is 0 Å². The number of methoxy groups -OCH3 is 1. The SMILES string of the molecule is COc1ccccc1CC(=O)N[C@H]1CS(=O)(=O)C[C@@H]1Cl. The Kier molecular flexibility index (Phi) is 4.55. The van der Waals surface area contributed by atoms with Crippen molar-refractivity contribution in [2.24, 2.45) is 0 Å². The molecule has 1 saturated heterocycles. The molecule has 7 heteroatoms. The molecule has 20 heavy (non-hydrogen) atoms. The number of benzene rings is 1. The molecule has 0 unspecified atom stereocenters. The number of rotatable bonds is 4. The maximum atomic E-state index is 12.0. The van der Waals surface area contributed by atoms with E-state index in [1.165, 1.54) is 7.11 Å². The molecule has 0 aromatic heterocycles. The van der Waals surface area contributed by atoms with Crippen LogP contribution in [0.15, 0.2) is 24.3 Å². The van der Waals surface area contributed by atoms with Crippen LogP contribution in [-0.4, -0.2) is 44.4 Å². The van der Waals surface area contributed by atoms with Gasteiger partial charge in [-0.3, -0.25) is 4.79 Å². The molecule has 1 aliphatic rings. The minimum absolute atomic E-state index is 0.0891. The molecule has 1 N–H and O–H groups in total. The number of carbonyl (C=O) groups excluding carboxylic acids is 1. The highest BCUT2D eigenvalue weighted by Gasteiger charge is 2.37. The number of nitrogens with one attached hydrogen (secondary N) is 1. The Morgan fingerprint density at radius 2 is 2.10 bits per heavy atom. The molecule has 1 aromatic carbocycles. The number of hydrogen-bond acceptors (Lipinski definition) is 4. The van der Waals surface area contributed by atoms with E-state index in [0.29, 0.717) is 5.75 Å². The molecular formula is C13H16ClNO4S. The van der Waals surface area contributed by atoms with Crippen molar-refractivity contribution < 1.29 is 17.9 Å². The third kappa shape index (κ3) is 3.64. The van der Waals surface area contributed by atoms with Gasteiger partial charge < -0.3 is 10.1 Å². The molecule has 1 aliphatic heterocycles. The molecule has 1 aromatic rings. The molecule has 0 aliphatic carbocycles. The van der Waals surface area contributed by atoms with Crippen molar-refractivity contribution in [1.29, 1.82) is 0 Å². The number of amides is 1. The van der Waals surface area contributed by atoms with Gasteiger partial charge >= 0.3 is 0 Å². The van der Waals surface area contributed by atoms with Crippen molar-refractivity contribution >= 4 is 27.3 Å². The Bertz CT molecular complexity index is 602. The maximum Gasteiger partial charge on any atom is 0.224 e. The first-order chi connectivity index (χ1) is 9.41. The lowest BCUT2D eigenvalue weighted by atomic mass is 10.1. The van der Waals surface area contributed by atoms with Crippen molar-refractivity contribution in [2.45, 2.75) is 17.8 Å². The van der Waals surface area contributed by atoms with Crippen molar-refractivity contribution in [3.8, 4) is 5.75 Å². The normalized spacial score (nSPS) is 24.3. The lowest BCUT2D eigenvalue weighted by molar-refractivity contribution is -0.121. The minimum Gasteiger partial charge on any atom is -0.496 e. The first kappa shape index (κ1) is 15.1. The quantitative estimate of drug-likeness (QED) is 0.832. The monoisotopic (exact) mass is 317 g/mol. The molecule has 0 spiro atoms. The highest BCUT2D eigenvalue weighted by Crippen LogP contribution is 2.20. The van der Waals surface area contributed by atoms with Crippen LogP contribution in [-0.2, 0) is 21.1 Å². The van der Waals surface area contributed by atoms with E-state index in [1.807, 2.05) is 12.1 Å². The van der Waals surface area contributed by atoms with Gasteiger partial charge in [-0.25, -0.2) is 8.42 Å². The Balaban J connectivity index is 2.00. The van der Waals surface area contributed by atoms with Crippen LogP contribution in [0.1, 0.15) is 5.56 Å². The standard InChI is InChI=1S/C13H16ClNO4S/c1-19-12-5-3-2-4-9(12)6-13(16)15-11-8-20(17,18)7-10(11)14/h2-5,10-11H,6-8H2,1H3,(H,15,16)/t10-,11-/m0/s1. The van der Waals surface area contributed by atoms with Gasteiger partial charge in [0.25, 0.3) is 0 Å². The van der Waals surface area contributed by atoms with E-state index in [1.54, 1.807) is 12.1 Å². The predicted octanol–water partition coefficient (Wildman–Crippen LogP) is 0.758. The highest BCUT2D eigenvalue weighted by atomic mass is 35.5. The van der Waals surface area contributed by atoms with Crippen molar-refractivity contribution in [1.82, 2.24) is 5.32 Å². The maximum absolute atomic E-state index is 12.0. The topological polar surface area (TPSA) is 72.5 Å². The zero-order valence-corrected chi connectivity index (χ0v) is 12.6. The number of hydrogen-bond donors (Lipinski definition) is 1. The van der Waals surface area contributed by atoms with Gasteiger partial charge in [0.2, 0.25) is 5.91 Å². The van der Waals surface area contributed by atoms with E-state index < -0.39 is 21.3 Å². The van der Waals surface area contributed by atoms with E-state index in [-0.39, 0.29) is 23.8 Å². The second-order valence-electron chi connectivity index (χ2n) is 4.76. The molecular weight excluding hydrogens is 302 g/mol. The van der Waals surface area contributed by atoms with Crippen LogP contribution in [0.5, 0.6) is 5.75 Å². The van der Waals surface area contributed by atoms with Gasteiger partial charge in [-0.2, -0.15) is 0 Å². The van der Waals surface area contributed by atoms with Crippen LogP contribution in [0.3, 0.4) is 0 Å². The van der Waals surface area contributed by atoms with Crippen molar-refractivity contribution in [3.63, 3.8) is 0 Å². The average molecular weight is 318 g/mol. The van der Waals surface area contributed by atoms with E-state index in [9.17, 15) is 13.2 Å². The van der Waals surface area contributed by atoms with E-state index in [4.69, 9.17) is 16.3 Å². The predicted molar refractivity (Wildman–Crippen MR) is 76.9 cm³/mol. The fourth-order valence-corrected chi connectivity index (χ4v) is 4.77. The van der Waals surface area contributed by atoms with Crippen LogP contribution in [0.25, 0.3) is 0 Å². The summed E-state index contributed by atoms with van der Waals surface area (Å²) in [7, 11) is -1.61. The zero-order valence-electron chi connectivity index (χ0n) is 11.0. The first-order valence-electron chi connectivity index (χ1n) is 6.17. The fraction of sp³-hybridized carbons (Fsp3) is 0.462.